The van der Waals surface area contributed by atoms with E-state index in [-0.39, 0.29) is 24.0 Å². The van der Waals surface area contributed by atoms with Gasteiger partial charge in [0.15, 0.2) is 5.82 Å². The summed E-state index contributed by atoms with van der Waals surface area (Å²) in [5.74, 6) is -0.355. The molecule has 2 rings (SSSR count). The molecule has 0 saturated heterocycles. The second-order valence-electron chi connectivity index (χ2n) is 4.02. The average Bonchev–Trinajstić information content (AvgIpc) is 2.95. The Balaban J connectivity index is 2.01. The summed E-state index contributed by atoms with van der Waals surface area (Å²) in [5.41, 5.74) is 0.542. The Morgan fingerprint density at radius 2 is 2.10 bits per heavy atom. The summed E-state index contributed by atoms with van der Waals surface area (Å²) in [4.78, 5) is 27.0. The number of methoxy groups -OCH3 is 1. The fraction of sp³-hybridized carbons (Fsp3) is 0.231. The summed E-state index contributed by atoms with van der Waals surface area (Å²) in [6, 6.07) is 7.01. The fourth-order valence-electron chi connectivity index (χ4n) is 1.61. The Kier molecular flexibility index (Phi) is 4.50. The average molecular weight is 290 g/mol. The molecule has 110 valence electrons. The third-order valence-electron chi connectivity index (χ3n) is 2.59. The van der Waals surface area contributed by atoms with E-state index in [0.717, 1.165) is 0 Å². The zero-order chi connectivity index (χ0) is 15.2. The second kappa shape index (κ2) is 6.51. The van der Waals surface area contributed by atoms with E-state index >= 15 is 0 Å². The van der Waals surface area contributed by atoms with Crippen LogP contribution in [0, 0.1) is 0 Å². The van der Waals surface area contributed by atoms with Gasteiger partial charge >= 0.3 is 11.8 Å². The molecule has 2 N–H and O–H groups in total. The van der Waals surface area contributed by atoms with Gasteiger partial charge in [-0.3, -0.25) is 9.59 Å². The van der Waals surface area contributed by atoms with E-state index in [0.29, 0.717) is 11.4 Å². The van der Waals surface area contributed by atoms with Crippen LogP contribution < -0.4 is 15.4 Å². The molecule has 0 radical (unpaired) electrons. The van der Waals surface area contributed by atoms with E-state index in [4.69, 9.17) is 9.26 Å². The minimum Gasteiger partial charge on any atom is -0.495 e. The van der Waals surface area contributed by atoms with Crippen LogP contribution in [0.15, 0.2) is 28.8 Å². The molecule has 0 bridgehead atoms. The number of anilines is 1. The summed E-state index contributed by atoms with van der Waals surface area (Å²) in [5, 5.41) is 8.60. The quantitative estimate of drug-likeness (QED) is 0.836. The molecule has 8 heteroatoms. The van der Waals surface area contributed by atoms with Crippen LogP contribution in [0.4, 0.5) is 5.69 Å². The van der Waals surface area contributed by atoms with Gasteiger partial charge < -0.3 is 19.9 Å². The third-order valence-corrected chi connectivity index (χ3v) is 2.59. The maximum atomic E-state index is 11.9. The Hall–Kier alpha value is -2.90. The van der Waals surface area contributed by atoms with Gasteiger partial charge in [-0.25, -0.2) is 0 Å². The van der Waals surface area contributed by atoms with Crippen LogP contribution in [0.5, 0.6) is 5.75 Å². The SMILES string of the molecule is CNC(=O)c1nc(CC(=O)Nc2ccccc2OC)no1. The molecule has 1 aromatic carbocycles. The van der Waals surface area contributed by atoms with Crippen molar-refractivity contribution in [2.45, 2.75) is 6.42 Å². The van der Waals surface area contributed by atoms with Crippen LogP contribution in [0.25, 0.3) is 0 Å². The Bertz CT molecular complexity index is 653. The van der Waals surface area contributed by atoms with E-state index < -0.39 is 5.91 Å². The Morgan fingerprint density at radius 1 is 1.33 bits per heavy atom. The summed E-state index contributed by atoms with van der Waals surface area (Å²) in [6.45, 7) is 0. The highest BCUT2D eigenvalue weighted by molar-refractivity contribution is 5.93. The number of ether oxygens (including phenoxy) is 1. The number of rotatable bonds is 5. The van der Waals surface area contributed by atoms with Crippen LogP contribution in [0.1, 0.15) is 16.5 Å². The molecule has 0 atom stereocenters. The van der Waals surface area contributed by atoms with Crippen molar-refractivity contribution >= 4 is 17.5 Å². The number of hydrogen-bond donors (Lipinski definition) is 2. The molecule has 0 aliphatic heterocycles. The molecule has 0 unspecified atom stereocenters. The standard InChI is InChI=1S/C13H14N4O4/c1-14-12(19)13-16-10(17-21-13)7-11(18)15-8-5-3-4-6-9(8)20-2/h3-6H,7H2,1-2H3,(H,14,19)(H,15,18). The number of carbonyl (C=O) groups is 2. The molecule has 2 aromatic rings. The number of carbonyl (C=O) groups excluding carboxylic acids is 2. The van der Waals surface area contributed by atoms with Crippen LogP contribution in [-0.4, -0.2) is 36.1 Å². The van der Waals surface area contributed by atoms with Gasteiger partial charge in [-0.15, -0.1) is 0 Å². The van der Waals surface area contributed by atoms with Gasteiger partial charge in [-0.2, -0.15) is 4.98 Å². The topological polar surface area (TPSA) is 106 Å². The number of benzene rings is 1. The van der Waals surface area contributed by atoms with Gasteiger partial charge in [-0.05, 0) is 12.1 Å². The van der Waals surface area contributed by atoms with E-state index in [1.54, 1.807) is 24.3 Å². The minimum absolute atomic E-state index is 0.113. The number of nitrogens with one attached hydrogen (secondary N) is 2. The predicted octanol–water partition coefficient (Wildman–Crippen LogP) is 0.619. The molecule has 1 aromatic heterocycles. The highest BCUT2D eigenvalue weighted by atomic mass is 16.5. The van der Waals surface area contributed by atoms with Crippen LogP contribution in [0.2, 0.25) is 0 Å². The zero-order valence-corrected chi connectivity index (χ0v) is 11.5. The number of aromatic nitrogens is 2. The lowest BCUT2D eigenvalue weighted by Crippen LogP contribution is -2.19. The summed E-state index contributed by atoms with van der Waals surface area (Å²) in [7, 11) is 2.96. The van der Waals surface area contributed by atoms with Crippen molar-refractivity contribution in [1.82, 2.24) is 15.5 Å². The van der Waals surface area contributed by atoms with Crippen molar-refractivity contribution < 1.29 is 18.8 Å². The van der Waals surface area contributed by atoms with Crippen molar-refractivity contribution in [1.29, 1.82) is 0 Å². The number of amides is 2. The minimum atomic E-state index is -0.501. The van der Waals surface area contributed by atoms with E-state index in [1.807, 2.05) is 0 Å². The molecule has 1 heterocycles. The molecule has 0 spiro atoms. The number of para-hydroxylation sites is 2. The lowest BCUT2D eigenvalue weighted by atomic mass is 10.2. The van der Waals surface area contributed by atoms with Crippen LogP contribution in [0.3, 0.4) is 0 Å². The van der Waals surface area contributed by atoms with Crippen LogP contribution >= 0.6 is 0 Å². The van der Waals surface area contributed by atoms with Gasteiger partial charge in [0.2, 0.25) is 5.91 Å². The Morgan fingerprint density at radius 3 is 2.81 bits per heavy atom. The van der Waals surface area contributed by atoms with Gasteiger partial charge in [0.1, 0.15) is 5.75 Å². The fourth-order valence-corrected chi connectivity index (χ4v) is 1.61. The molecule has 0 aliphatic rings. The lowest BCUT2D eigenvalue weighted by molar-refractivity contribution is -0.115. The molecular weight excluding hydrogens is 276 g/mol. The maximum absolute atomic E-state index is 11.9. The van der Waals surface area contributed by atoms with Crippen LogP contribution in [-0.2, 0) is 11.2 Å². The first kappa shape index (κ1) is 14.5. The monoisotopic (exact) mass is 290 g/mol. The van der Waals surface area contributed by atoms with E-state index in [1.165, 1.54) is 14.2 Å². The number of nitrogens with zero attached hydrogens (tertiary/aromatic N) is 2. The molecule has 21 heavy (non-hydrogen) atoms. The summed E-state index contributed by atoms with van der Waals surface area (Å²) < 4.78 is 9.86. The molecular formula is C13H14N4O4. The number of hydrogen-bond acceptors (Lipinski definition) is 6. The van der Waals surface area contributed by atoms with Gasteiger partial charge in [0, 0.05) is 7.05 Å². The highest BCUT2D eigenvalue weighted by Crippen LogP contribution is 2.22. The lowest BCUT2D eigenvalue weighted by Gasteiger charge is -2.08. The molecule has 0 fully saturated rings. The first-order valence-corrected chi connectivity index (χ1v) is 6.11. The third kappa shape index (κ3) is 3.56. The molecule has 8 nitrogen and oxygen atoms in total. The van der Waals surface area contributed by atoms with Gasteiger partial charge in [-0.1, -0.05) is 17.3 Å². The van der Waals surface area contributed by atoms with Crippen molar-refractivity contribution in [2.75, 3.05) is 19.5 Å². The molecule has 0 aliphatic carbocycles. The van der Waals surface area contributed by atoms with Gasteiger partial charge in [0.25, 0.3) is 0 Å². The Labute approximate surface area is 120 Å². The normalized spacial score (nSPS) is 10.0. The predicted molar refractivity (Wildman–Crippen MR) is 73.0 cm³/mol. The summed E-state index contributed by atoms with van der Waals surface area (Å²) >= 11 is 0. The molecule has 2 amide bonds. The largest absolute Gasteiger partial charge is 0.495 e. The van der Waals surface area contributed by atoms with Crippen molar-refractivity contribution in [3.05, 3.63) is 36.0 Å². The first-order valence-electron chi connectivity index (χ1n) is 6.11. The zero-order valence-electron chi connectivity index (χ0n) is 11.5. The van der Waals surface area contributed by atoms with Crippen molar-refractivity contribution in [3.8, 4) is 5.75 Å². The maximum Gasteiger partial charge on any atom is 0.315 e. The second-order valence-corrected chi connectivity index (χ2v) is 4.02. The van der Waals surface area contributed by atoms with E-state index in [2.05, 4.69) is 20.8 Å². The van der Waals surface area contributed by atoms with E-state index in [9.17, 15) is 9.59 Å². The molecule has 0 saturated carbocycles. The highest BCUT2D eigenvalue weighted by Gasteiger charge is 2.16. The first-order chi connectivity index (χ1) is 10.1. The van der Waals surface area contributed by atoms with Crippen molar-refractivity contribution in [3.63, 3.8) is 0 Å². The summed E-state index contributed by atoms with van der Waals surface area (Å²) in [6.07, 6.45) is -0.113. The van der Waals surface area contributed by atoms with Gasteiger partial charge in [0.05, 0.1) is 19.2 Å². The smallest absolute Gasteiger partial charge is 0.315 e. The van der Waals surface area contributed by atoms with Crippen molar-refractivity contribution in [2.24, 2.45) is 0 Å².